The van der Waals surface area contributed by atoms with Crippen LogP contribution in [0.15, 0.2) is 30.3 Å². The van der Waals surface area contributed by atoms with Gasteiger partial charge in [0.1, 0.15) is 5.75 Å². The second-order valence-corrected chi connectivity index (χ2v) is 1.34. The van der Waals surface area contributed by atoms with Crippen LogP contribution in [-0.4, -0.2) is 10.6 Å². The lowest BCUT2D eigenvalue weighted by Gasteiger charge is -1.82. The molecule has 0 bridgehead atoms. The van der Waals surface area contributed by atoms with E-state index in [2.05, 4.69) is 11.7 Å². The van der Waals surface area contributed by atoms with Gasteiger partial charge in [-0.15, -0.1) is 0 Å². The van der Waals surface area contributed by atoms with Crippen LogP contribution in [0, 0.1) is 0 Å². The number of rotatable bonds is 0. The van der Waals surface area contributed by atoms with Crippen molar-refractivity contribution >= 4 is 0 Å². The molecule has 7 N–H and O–H groups in total. The summed E-state index contributed by atoms with van der Waals surface area (Å²) in [5, 5.41) is 8.63. The molecule has 0 atom stereocenters. The van der Waals surface area contributed by atoms with Gasteiger partial charge in [-0.1, -0.05) is 18.2 Å². The Bertz CT molecular complexity index is 144. The van der Waals surface area contributed by atoms with E-state index in [4.69, 9.17) is 5.11 Å². The van der Waals surface area contributed by atoms with Crippen LogP contribution in [0.4, 0.5) is 0 Å². The summed E-state index contributed by atoms with van der Waals surface area (Å²) < 4.78 is 0. The van der Waals surface area contributed by atoms with Crippen molar-refractivity contribution in [2.24, 2.45) is 11.7 Å². The normalized spacial score (nSPS) is 6.60. The lowest BCUT2D eigenvalue weighted by molar-refractivity contribution is 0.475. The number of hydrazine groups is 1. The lowest BCUT2D eigenvalue weighted by Crippen LogP contribution is -2.02. The highest BCUT2D eigenvalue weighted by Crippen LogP contribution is 2.02. The van der Waals surface area contributed by atoms with Gasteiger partial charge in [0, 0.05) is 0 Å². The molecule has 1 rings (SSSR count). The van der Waals surface area contributed by atoms with Crippen LogP contribution in [0.3, 0.4) is 0 Å². The van der Waals surface area contributed by atoms with Gasteiger partial charge in [-0.25, -0.2) is 0 Å². The fourth-order valence-corrected chi connectivity index (χ4v) is 0.428. The summed E-state index contributed by atoms with van der Waals surface area (Å²) in [5.74, 6) is 8.32. The first kappa shape index (κ1) is 11.7. The van der Waals surface area contributed by atoms with Gasteiger partial charge in [0.05, 0.1) is 0 Å². The SMILES string of the molecule is NN.O.Oc1ccccc1. The van der Waals surface area contributed by atoms with Crippen molar-refractivity contribution in [1.29, 1.82) is 0 Å². The maximum Gasteiger partial charge on any atom is 0.115 e. The molecule has 4 nitrogen and oxygen atoms in total. The Balaban J connectivity index is 0. The molecule has 0 spiro atoms. The molecule has 0 unspecified atom stereocenters. The highest BCUT2D eigenvalue weighted by Gasteiger charge is 1.74. The van der Waals surface area contributed by atoms with Gasteiger partial charge < -0.3 is 10.6 Å². The molecule has 1 aromatic rings. The van der Waals surface area contributed by atoms with E-state index in [1.807, 2.05) is 6.07 Å². The number of hydrogen-bond acceptors (Lipinski definition) is 3. The quantitative estimate of drug-likeness (QED) is 0.334. The molecule has 1 aromatic carbocycles. The Morgan fingerprint density at radius 1 is 1.00 bits per heavy atom. The van der Waals surface area contributed by atoms with E-state index in [1.165, 1.54) is 0 Å². The van der Waals surface area contributed by atoms with Gasteiger partial charge >= 0.3 is 0 Å². The molecule has 0 amide bonds. The molecule has 0 saturated heterocycles. The number of phenolic OH excluding ortho intramolecular Hbond substituents is 1. The van der Waals surface area contributed by atoms with Gasteiger partial charge in [-0.2, -0.15) is 0 Å². The summed E-state index contributed by atoms with van der Waals surface area (Å²) in [6, 6.07) is 8.71. The molecule has 0 heterocycles. The Labute approximate surface area is 59.4 Å². The van der Waals surface area contributed by atoms with Crippen molar-refractivity contribution in [3.63, 3.8) is 0 Å². The third-order valence-corrected chi connectivity index (χ3v) is 0.756. The smallest absolute Gasteiger partial charge is 0.115 e. The molecule has 0 aliphatic heterocycles. The summed E-state index contributed by atoms with van der Waals surface area (Å²) in [5.41, 5.74) is 0. The summed E-state index contributed by atoms with van der Waals surface area (Å²) in [6.45, 7) is 0. The second-order valence-electron chi connectivity index (χ2n) is 1.34. The number of phenols is 1. The molecular formula is C6H12N2O2. The van der Waals surface area contributed by atoms with E-state index < -0.39 is 0 Å². The van der Waals surface area contributed by atoms with Crippen LogP contribution >= 0.6 is 0 Å². The molecule has 0 radical (unpaired) electrons. The molecular weight excluding hydrogens is 132 g/mol. The summed E-state index contributed by atoms with van der Waals surface area (Å²) in [4.78, 5) is 0. The van der Waals surface area contributed by atoms with Gasteiger partial charge in [0.2, 0.25) is 0 Å². The molecule has 58 valence electrons. The fraction of sp³-hybridized carbons (Fsp3) is 0. The van der Waals surface area contributed by atoms with Gasteiger partial charge in [-0.3, -0.25) is 11.7 Å². The zero-order valence-corrected chi connectivity index (χ0v) is 5.49. The van der Waals surface area contributed by atoms with Gasteiger partial charge in [0.15, 0.2) is 0 Å². The van der Waals surface area contributed by atoms with Crippen LogP contribution in [-0.2, 0) is 0 Å². The van der Waals surface area contributed by atoms with Crippen molar-refractivity contribution in [2.75, 3.05) is 0 Å². The highest BCUT2D eigenvalue weighted by molar-refractivity contribution is 5.18. The Morgan fingerprint density at radius 2 is 1.40 bits per heavy atom. The van der Waals surface area contributed by atoms with E-state index in [0.29, 0.717) is 5.75 Å². The minimum atomic E-state index is 0. The van der Waals surface area contributed by atoms with Crippen molar-refractivity contribution in [3.8, 4) is 5.75 Å². The maximum atomic E-state index is 8.63. The predicted octanol–water partition coefficient (Wildman–Crippen LogP) is -0.614. The Kier molecular flexibility index (Phi) is 9.22. The highest BCUT2D eigenvalue weighted by atomic mass is 16.3. The first-order chi connectivity index (χ1) is 4.39. The lowest BCUT2D eigenvalue weighted by atomic mass is 10.3. The molecule has 0 fully saturated rings. The number of hydrogen-bond donors (Lipinski definition) is 3. The average Bonchev–Trinajstić information content (AvgIpc) is 1.94. The van der Waals surface area contributed by atoms with Crippen LogP contribution in [0.2, 0.25) is 0 Å². The number of aromatic hydroxyl groups is 1. The van der Waals surface area contributed by atoms with Gasteiger partial charge in [-0.05, 0) is 12.1 Å². The number of benzene rings is 1. The maximum absolute atomic E-state index is 8.63. The third kappa shape index (κ3) is 5.04. The molecule has 0 aliphatic carbocycles. The van der Waals surface area contributed by atoms with E-state index >= 15 is 0 Å². The van der Waals surface area contributed by atoms with E-state index in [0.717, 1.165) is 0 Å². The molecule has 10 heavy (non-hydrogen) atoms. The zero-order chi connectivity index (χ0) is 7.11. The predicted molar refractivity (Wildman–Crippen MR) is 40.1 cm³/mol. The van der Waals surface area contributed by atoms with Crippen molar-refractivity contribution in [3.05, 3.63) is 30.3 Å². The van der Waals surface area contributed by atoms with Crippen LogP contribution in [0.1, 0.15) is 0 Å². The van der Waals surface area contributed by atoms with Crippen LogP contribution < -0.4 is 11.7 Å². The molecule has 0 aromatic heterocycles. The van der Waals surface area contributed by atoms with Gasteiger partial charge in [0.25, 0.3) is 0 Å². The van der Waals surface area contributed by atoms with Crippen LogP contribution in [0.5, 0.6) is 5.75 Å². The van der Waals surface area contributed by atoms with E-state index in [1.54, 1.807) is 24.3 Å². The standard InChI is InChI=1S/C6H6O.H4N2.H2O/c7-6-4-2-1-3-5-6;1-2;/h1-5,7H;1-2H2;1H2. The fourth-order valence-electron chi connectivity index (χ4n) is 0.428. The summed E-state index contributed by atoms with van der Waals surface area (Å²) in [7, 11) is 0. The largest absolute Gasteiger partial charge is 0.508 e. The summed E-state index contributed by atoms with van der Waals surface area (Å²) in [6.07, 6.45) is 0. The minimum absolute atomic E-state index is 0. The van der Waals surface area contributed by atoms with Crippen molar-refractivity contribution < 1.29 is 10.6 Å². The third-order valence-electron chi connectivity index (χ3n) is 0.756. The number of nitrogens with two attached hydrogens (primary N) is 2. The first-order valence-corrected chi connectivity index (χ1v) is 2.47. The molecule has 0 saturated carbocycles. The number of para-hydroxylation sites is 1. The molecule has 4 heteroatoms. The first-order valence-electron chi connectivity index (χ1n) is 2.47. The zero-order valence-electron chi connectivity index (χ0n) is 5.49. The van der Waals surface area contributed by atoms with Crippen molar-refractivity contribution in [1.82, 2.24) is 0 Å². The van der Waals surface area contributed by atoms with Crippen LogP contribution in [0.25, 0.3) is 0 Å². The Morgan fingerprint density at radius 3 is 1.60 bits per heavy atom. The van der Waals surface area contributed by atoms with E-state index in [-0.39, 0.29) is 5.48 Å². The topological polar surface area (TPSA) is 104 Å². The average molecular weight is 144 g/mol. The monoisotopic (exact) mass is 144 g/mol. The second kappa shape index (κ2) is 7.90. The Hall–Kier alpha value is -1.10. The summed E-state index contributed by atoms with van der Waals surface area (Å²) >= 11 is 0. The molecule has 0 aliphatic rings. The minimum Gasteiger partial charge on any atom is -0.508 e. The van der Waals surface area contributed by atoms with E-state index in [9.17, 15) is 0 Å². The van der Waals surface area contributed by atoms with Crippen molar-refractivity contribution in [2.45, 2.75) is 0 Å².